The minimum atomic E-state index is -0.838. The molecule has 0 aromatic heterocycles. The zero-order valence-corrected chi connectivity index (χ0v) is 17.8. The van der Waals surface area contributed by atoms with Crippen molar-refractivity contribution in [1.82, 2.24) is 5.32 Å². The van der Waals surface area contributed by atoms with Crippen LogP contribution in [0.25, 0.3) is 0 Å². The largest absolute Gasteiger partial charge is 0.462 e. The summed E-state index contributed by atoms with van der Waals surface area (Å²) in [5.41, 5.74) is -1.02. The number of carbonyl (C=O) groups excluding carboxylic acids is 2. The van der Waals surface area contributed by atoms with Crippen LogP contribution in [0.15, 0.2) is 6.07 Å². The lowest BCUT2D eigenvalue weighted by Gasteiger charge is -2.24. The first kappa shape index (κ1) is 22.1. The molecule has 2 fully saturated rings. The number of benzene rings is 1. The van der Waals surface area contributed by atoms with E-state index in [0.717, 1.165) is 18.9 Å². The third-order valence-corrected chi connectivity index (χ3v) is 4.84. The Morgan fingerprint density at radius 3 is 2.50 bits per heavy atom. The average molecular weight is 425 g/mol. The number of hydrogen-bond acceptors (Lipinski definition) is 6. The number of halogens is 2. The summed E-state index contributed by atoms with van der Waals surface area (Å²) >= 11 is 0. The Kier molecular flexibility index (Phi) is 6.38. The minimum absolute atomic E-state index is 0.0316. The Bertz CT molecular complexity index is 821. The van der Waals surface area contributed by atoms with Crippen molar-refractivity contribution in [3.05, 3.63) is 23.3 Å². The molecule has 1 aliphatic carbocycles. The molecule has 3 rings (SSSR count). The summed E-state index contributed by atoms with van der Waals surface area (Å²) in [5.74, 6) is -2.42. The number of anilines is 2. The van der Waals surface area contributed by atoms with Crippen LogP contribution in [0.3, 0.4) is 0 Å². The maximum atomic E-state index is 15.4. The van der Waals surface area contributed by atoms with E-state index < -0.39 is 29.3 Å². The first-order valence-corrected chi connectivity index (χ1v) is 10.3. The summed E-state index contributed by atoms with van der Waals surface area (Å²) < 4.78 is 40.5. The summed E-state index contributed by atoms with van der Waals surface area (Å²) in [7, 11) is 0. The molecule has 0 radical (unpaired) electrons. The Morgan fingerprint density at radius 2 is 1.90 bits per heavy atom. The molecule has 1 heterocycles. The highest BCUT2D eigenvalue weighted by Gasteiger charge is 2.34. The van der Waals surface area contributed by atoms with E-state index in [1.165, 1.54) is 0 Å². The van der Waals surface area contributed by atoms with Gasteiger partial charge in [-0.25, -0.2) is 18.4 Å². The quantitative estimate of drug-likeness (QED) is 0.675. The predicted molar refractivity (Wildman–Crippen MR) is 109 cm³/mol. The molecule has 2 N–H and O–H groups in total. The molecule has 0 spiro atoms. The van der Waals surface area contributed by atoms with Gasteiger partial charge in [0.05, 0.1) is 23.9 Å². The molecule has 1 aromatic carbocycles. The van der Waals surface area contributed by atoms with Gasteiger partial charge in [0, 0.05) is 19.1 Å². The molecule has 0 bridgehead atoms. The average Bonchev–Trinajstić information content (AvgIpc) is 3.34. The fourth-order valence-corrected chi connectivity index (χ4v) is 3.40. The molecule has 1 saturated carbocycles. The topological polar surface area (TPSA) is 79.9 Å². The molecular formula is C21H29F2N3O4. The van der Waals surface area contributed by atoms with E-state index in [1.54, 1.807) is 32.6 Å². The lowest BCUT2D eigenvalue weighted by atomic mass is 10.1. The van der Waals surface area contributed by atoms with Crippen LogP contribution in [0, 0.1) is 11.6 Å². The second-order valence-corrected chi connectivity index (χ2v) is 8.66. The molecule has 0 unspecified atom stereocenters. The fraction of sp³-hybridized carbons (Fsp3) is 0.619. The summed E-state index contributed by atoms with van der Waals surface area (Å²) in [5, 5.41) is 5.73. The van der Waals surface area contributed by atoms with Crippen molar-refractivity contribution in [2.75, 3.05) is 29.9 Å². The van der Waals surface area contributed by atoms with Crippen molar-refractivity contribution in [2.45, 2.75) is 64.6 Å². The molecule has 1 aromatic rings. The van der Waals surface area contributed by atoms with Crippen LogP contribution in [-0.4, -0.2) is 49.4 Å². The Balaban J connectivity index is 1.80. The van der Waals surface area contributed by atoms with E-state index in [2.05, 4.69) is 10.6 Å². The molecule has 1 saturated heterocycles. The highest BCUT2D eigenvalue weighted by atomic mass is 19.1. The van der Waals surface area contributed by atoms with Crippen molar-refractivity contribution in [1.29, 1.82) is 0 Å². The highest BCUT2D eigenvalue weighted by Crippen LogP contribution is 2.37. The van der Waals surface area contributed by atoms with E-state index in [-0.39, 0.29) is 42.2 Å². The van der Waals surface area contributed by atoms with Gasteiger partial charge in [-0.3, -0.25) is 0 Å². The van der Waals surface area contributed by atoms with Gasteiger partial charge in [-0.2, -0.15) is 0 Å². The van der Waals surface area contributed by atoms with Crippen molar-refractivity contribution < 1.29 is 27.8 Å². The van der Waals surface area contributed by atoms with Crippen molar-refractivity contribution in [2.24, 2.45) is 0 Å². The third-order valence-electron chi connectivity index (χ3n) is 4.84. The zero-order valence-electron chi connectivity index (χ0n) is 17.8. The molecule has 1 atom stereocenters. The molecule has 1 amide bonds. The number of nitrogens with one attached hydrogen (secondary N) is 2. The van der Waals surface area contributed by atoms with E-state index >= 15 is 4.39 Å². The van der Waals surface area contributed by atoms with Gasteiger partial charge in [-0.05, 0) is 53.0 Å². The Labute approximate surface area is 175 Å². The summed E-state index contributed by atoms with van der Waals surface area (Å²) in [6.07, 6.45) is 1.67. The van der Waals surface area contributed by atoms with Gasteiger partial charge < -0.3 is 25.0 Å². The monoisotopic (exact) mass is 425 g/mol. The maximum absolute atomic E-state index is 15.4. The van der Waals surface area contributed by atoms with E-state index in [4.69, 9.17) is 9.47 Å². The van der Waals surface area contributed by atoms with E-state index in [1.807, 2.05) is 0 Å². The Morgan fingerprint density at radius 1 is 1.20 bits per heavy atom. The normalized spacial score (nSPS) is 18.9. The number of nitrogens with zero attached hydrogens (tertiary/aromatic N) is 1. The summed E-state index contributed by atoms with van der Waals surface area (Å²) in [6.45, 7) is 7.61. The van der Waals surface area contributed by atoms with Crippen LogP contribution < -0.4 is 15.5 Å². The van der Waals surface area contributed by atoms with Crippen LogP contribution in [0.5, 0.6) is 0 Å². The van der Waals surface area contributed by atoms with Crippen LogP contribution in [0.4, 0.5) is 25.0 Å². The highest BCUT2D eigenvalue weighted by molar-refractivity contribution is 5.97. The van der Waals surface area contributed by atoms with Crippen LogP contribution in [0.2, 0.25) is 0 Å². The van der Waals surface area contributed by atoms with Crippen LogP contribution in [0.1, 0.15) is 57.3 Å². The van der Waals surface area contributed by atoms with Crippen molar-refractivity contribution in [3.8, 4) is 0 Å². The second-order valence-electron chi connectivity index (χ2n) is 8.66. The van der Waals surface area contributed by atoms with Gasteiger partial charge in [0.1, 0.15) is 11.3 Å². The number of hydrogen-bond donors (Lipinski definition) is 2. The first-order chi connectivity index (χ1) is 14.1. The number of carbonyl (C=O) groups is 2. The fourth-order valence-electron chi connectivity index (χ4n) is 3.40. The molecular weight excluding hydrogens is 396 g/mol. The number of amides is 1. The smallest absolute Gasteiger partial charge is 0.407 e. The lowest BCUT2D eigenvalue weighted by molar-refractivity contribution is 0.0503. The van der Waals surface area contributed by atoms with E-state index in [0.29, 0.717) is 13.0 Å². The second kappa shape index (κ2) is 8.65. The van der Waals surface area contributed by atoms with Crippen LogP contribution in [-0.2, 0) is 9.47 Å². The third kappa shape index (κ3) is 5.31. The van der Waals surface area contributed by atoms with Gasteiger partial charge in [0.15, 0.2) is 11.6 Å². The number of esters is 1. The molecule has 166 valence electrons. The molecule has 2 aliphatic rings. The first-order valence-electron chi connectivity index (χ1n) is 10.3. The zero-order chi connectivity index (χ0) is 22.1. The molecule has 30 heavy (non-hydrogen) atoms. The van der Waals surface area contributed by atoms with Crippen molar-refractivity contribution >= 4 is 23.4 Å². The predicted octanol–water partition coefficient (Wildman–Crippen LogP) is 3.82. The standard InChI is InChI=1S/C21H29F2N3O4/c1-5-29-19(27)14-10-15(22)18(16(23)17(14)24-12-6-7-12)26-9-8-13(11-26)25-20(28)30-21(2,3)4/h10,12-13,24H,5-9,11H2,1-4H3,(H,25,28)/t13-/m0/s1. The summed E-state index contributed by atoms with van der Waals surface area (Å²) in [4.78, 5) is 25.8. The minimum Gasteiger partial charge on any atom is -0.462 e. The van der Waals surface area contributed by atoms with Gasteiger partial charge in [-0.15, -0.1) is 0 Å². The molecule has 9 heteroatoms. The van der Waals surface area contributed by atoms with Crippen molar-refractivity contribution in [3.63, 3.8) is 0 Å². The molecule has 1 aliphatic heterocycles. The Hall–Kier alpha value is -2.58. The van der Waals surface area contributed by atoms with Gasteiger partial charge in [0.25, 0.3) is 0 Å². The van der Waals surface area contributed by atoms with Gasteiger partial charge in [-0.1, -0.05) is 0 Å². The summed E-state index contributed by atoms with van der Waals surface area (Å²) in [6, 6.07) is 0.782. The van der Waals surface area contributed by atoms with E-state index in [9.17, 15) is 14.0 Å². The maximum Gasteiger partial charge on any atom is 0.407 e. The van der Waals surface area contributed by atoms with Gasteiger partial charge >= 0.3 is 12.1 Å². The SMILES string of the molecule is CCOC(=O)c1cc(F)c(N2CC[C@H](NC(=O)OC(C)(C)C)C2)c(F)c1NC1CC1. The molecule has 7 nitrogen and oxygen atoms in total. The van der Waals surface area contributed by atoms with Gasteiger partial charge in [0.2, 0.25) is 0 Å². The van der Waals surface area contributed by atoms with Crippen LogP contribution >= 0.6 is 0 Å². The number of rotatable bonds is 6. The number of ether oxygens (including phenoxy) is 2. The number of alkyl carbamates (subject to hydrolysis) is 1. The lowest BCUT2D eigenvalue weighted by Crippen LogP contribution is -2.40.